The van der Waals surface area contributed by atoms with E-state index in [1.807, 2.05) is 13.8 Å². The van der Waals surface area contributed by atoms with Crippen LogP contribution >= 0.6 is 0 Å². The van der Waals surface area contributed by atoms with Crippen molar-refractivity contribution in [3.8, 4) is 5.69 Å². The predicted octanol–water partition coefficient (Wildman–Crippen LogP) is 3.30. The predicted molar refractivity (Wildman–Crippen MR) is 117 cm³/mol. The molecule has 0 bridgehead atoms. The zero-order valence-corrected chi connectivity index (χ0v) is 18.3. The molecule has 0 radical (unpaired) electrons. The van der Waals surface area contributed by atoms with E-state index in [9.17, 15) is 27.6 Å². The van der Waals surface area contributed by atoms with Crippen LogP contribution in [-0.4, -0.2) is 26.3 Å². The Morgan fingerprint density at radius 3 is 2.39 bits per heavy atom. The second-order valence-corrected chi connectivity index (χ2v) is 7.75. The standard InChI is InChI=1S/C23H23F3N4O3/c1-4-15(3)27-20(31)19-21(32)29(13-16-10-8-14(2)9-11-16)22(33)30(28-19)18-7-5-6-17(12-18)23(24,25)26/h5-12,15H,4,13H2,1-3H3,(H,27,31). The molecule has 10 heteroatoms. The van der Waals surface area contributed by atoms with Crippen molar-refractivity contribution in [1.82, 2.24) is 19.7 Å². The lowest BCUT2D eigenvalue weighted by atomic mass is 10.1. The summed E-state index contributed by atoms with van der Waals surface area (Å²) in [6, 6.07) is 10.7. The van der Waals surface area contributed by atoms with Gasteiger partial charge in [-0.3, -0.25) is 14.2 Å². The summed E-state index contributed by atoms with van der Waals surface area (Å²) in [5, 5.41) is 6.47. The second kappa shape index (κ2) is 9.43. The van der Waals surface area contributed by atoms with E-state index in [4.69, 9.17) is 0 Å². The maximum atomic E-state index is 13.2. The van der Waals surface area contributed by atoms with Gasteiger partial charge in [0.05, 0.1) is 17.8 Å². The summed E-state index contributed by atoms with van der Waals surface area (Å²) in [5.41, 5.74) is -2.10. The zero-order chi connectivity index (χ0) is 24.3. The Bertz CT molecular complexity index is 1280. The number of hydrogen-bond donors (Lipinski definition) is 1. The van der Waals surface area contributed by atoms with Gasteiger partial charge < -0.3 is 5.32 Å². The molecule has 2 aromatic carbocycles. The van der Waals surface area contributed by atoms with Gasteiger partial charge in [0.2, 0.25) is 5.69 Å². The maximum absolute atomic E-state index is 13.2. The Labute approximate surface area is 187 Å². The van der Waals surface area contributed by atoms with Gasteiger partial charge in [-0.2, -0.15) is 23.0 Å². The van der Waals surface area contributed by atoms with E-state index in [1.54, 1.807) is 31.2 Å². The summed E-state index contributed by atoms with van der Waals surface area (Å²) >= 11 is 0. The molecule has 0 spiro atoms. The normalized spacial score (nSPS) is 12.4. The van der Waals surface area contributed by atoms with Crippen molar-refractivity contribution in [3.05, 3.63) is 91.8 Å². The molecule has 33 heavy (non-hydrogen) atoms. The summed E-state index contributed by atoms with van der Waals surface area (Å²) in [4.78, 5) is 38.9. The largest absolute Gasteiger partial charge is 0.416 e. The minimum Gasteiger partial charge on any atom is -0.348 e. The van der Waals surface area contributed by atoms with E-state index in [2.05, 4.69) is 10.4 Å². The average molecular weight is 460 g/mol. The van der Waals surface area contributed by atoms with Crippen LogP contribution in [0.2, 0.25) is 0 Å². The molecule has 1 amide bonds. The zero-order valence-electron chi connectivity index (χ0n) is 18.3. The summed E-state index contributed by atoms with van der Waals surface area (Å²) < 4.78 is 41.1. The van der Waals surface area contributed by atoms with E-state index >= 15 is 0 Å². The molecule has 0 aliphatic carbocycles. The Hall–Kier alpha value is -3.69. The Balaban J connectivity index is 2.21. The molecule has 0 fully saturated rings. The van der Waals surface area contributed by atoms with E-state index in [0.29, 0.717) is 16.7 Å². The molecule has 174 valence electrons. The first-order valence-electron chi connectivity index (χ1n) is 10.3. The molecule has 1 N–H and O–H groups in total. The van der Waals surface area contributed by atoms with Crippen LogP contribution in [0.5, 0.6) is 0 Å². The molecule has 0 aliphatic rings. The summed E-state index contributed by atoms with van der Waals surface area (Å²) in [6.45, 7) is 5.26. The summed E-state index contributed by atoms with van der Waals surface area (Å²) in [5.74, 6) is -0.812. The third kappa shape index (κ3) is 5.39. The molecule has 0 saturated carbocycles. The van der Waals surface area contributed by atoms with Gasteiger partial charge in [-0.15, -0.1) is 0 Å². The highest BCUT2D eigenvalue weighted by Gasteiger charge is 2.31. The number of amides is 1. The van der Waals surface area contributed by atoms with Crippen LogP contribution < -0.4 is 16.6 Å². The number of alkyl halides is 3. The number of hydrogen-bond acceptors (Lipinski definition) is 4. The highest BCUT2D eigenvalue weighted by molar-refractivity contribution is 5.91. The molecule has 7 nitrogen and oxygen atoms in total. The second-order valence-electron chi connectivity index (χ2n) is 7.75. The van der Waals surface area contributed by atoms with E-state index in [-0.39, 0.29) is 18.3 Å². The molecule has 0 aliphatic heterocycles. The number of aromatic nitrogens is 3. The molecule has 1 aromatic heterocycles. The van der Waals surface area contributed by atoms with Crippen molar-refractivity contribution >= 4 is 5.91 Å². The fraction of sp³-hybridized carbons (Fsp3) is 0.304. The number of nitrogens with one attached hydrogen (secondary N) is 1. The first-order chi connectivity index (χ1) is 15.5. The molecule has 1 unspecified atom stereocenters. The lowest BCUT2D eigenvalue weighted by molar-refractivity contribution is -0.137. The van der Waals surface area contributed by atoms with Crippen molar-refractivity contribution in [2.24, 2.45) is 0 Å². The minimum absolute atomic E-state index is 0.178. The van der Waals surface area contributed by atoms with E-state index in [0.717, 1.165) is 28.3 Å². The van der Waals surface area contributed by atoms with Gasteiger partial charge in [-0.1, -0.05) is 42.8 Å². The molecule has 1 atom stereocenters. The minimum atomic E-state index is -4.65. The smallest absolute Gasteiger partial charge is 0.348 e. The van der Waals surface area contributed by atoms with Crippen molar-refractivity contribution in [1.29, 1.82) is 0 Å². The van der Waals surface area contributed by atoms with Crippen LogP contribution in [-0.2, 0) is 12.7 Å². The Morgan fingerprint density at radius 2 is 1.79 bits per heavy atom. The number of carbonyl (C=O) groups is 1. The Morgan fingerprint density at radius 1 is 1.12 bits per heavy atom. The van der Waals surface area contributed by atoms with Crippen molar-refractivity contribution in [2.45, 2.75) is 46.0 Å². The van der Waals surface area contributed by atoms with Gasteiger partial charge in [0.15, 0.2) is 0 Å². The van der Waals surface area contributed by atoms with E-state index in [1.165, 1.54) is 6.07 Å². The summed E-state index contributed by atoms with van der Waals surface area (Å²) in [7, 11) is 0. The molecular formula is C23H23F3N4O3. The number of benzene rings is 2. The molecule has 1 heterocycles. The number of aryl methyl sites for hydroxylation is 1. The average Bonchev–Trinajstić information content (AvgIpc) is 2.77. The third-order valence-corrected chi connectivity index (χ3v) is 5.14. The third-order valence-electron chi connectivity index (χ3n) is 5.14. The van der Waals surface area contributed by atoms with Crippen LogP contribution in [0.3, 0.4) is 0 Å². The van der Waals surface area contributed by atoms with Crippen molar-refractivity contribution in [2.75, 3.05) is 0 Å². The fourth-order valence-corrected chi connectivity index (χ4v) is 3.05. The summed E-state index contributed by atoms with van der Waals surface area (Å²) in [6.07, 6.45) is -4.07. The Kier molecular flexibility index (Phi) is 6.85. The van der Waals surface area contributed by atoms with Gasteiger partial charge >= 0.3 is 11.9 Å². The van der Waals surface area contributed by atoms with Crippen LogP contribution in [0.15, 0.2) is 58.1 Å². The van der Waals surface area contributed by atoms with Crippen LogP contribution in [0, 0.1) is 6.92 Å². The quantitative estimate of drug-likeness (QED) is 0.612. The lowest BCUT2D eigenvalue weighted by Crippen LogP contribution is -2.47. The maximum Gasteiger partial charge on any atom is 0.416 e. The molecule has 3 aromatic rings. The van der Waals surface area contributed by atoms with Gasteiger partial charge in [0.1, 0.15) is 0 Å². The topological polar surface area (TPSA) is 86.0 Å². The fourth-order valence-electron chi connectivity index (χ4n) is 3.05. The SMILES string of the molecule is CCC(C)NC(=O)c1nn(-c2cccc(C(F)(F)F)c2)c(=O)n(Cc2ccc(C)cc2)c1=O. The van der Waals surface area contributed by atoms with Crippen molar-refractivity contribution < 1.29 is 18.0 Å². The first kappa shape index (κ1) is 24.0. The number of nitrogens with zero attached hydrogens (tertiary/aromatic N) is 3. The van der Waals surface area contributed by atoms with Gasteiger partial charge in [0.25, 0.3) is 11.5 Å². The molecular weight excluding hydrogens is 437 g/mol. The highest BCUT2D eigenvalue weighted by atomic mass is 19.4. The van der Waals surface area contributed by atoms with E-state index < -0.39 is 34.6 Å². The number of halogens is 3. The van der Waals surface area contributed by atoms with Crippen LogP contribution in [0.25, 0.3) is 5.69 Å². The van der Waals surface area contributed by atoms with Crippen molar-refractivity contribution in [3.63, 3.8) is 0 Å². The monoisotopic (exact) mass is 460 g/mol. The van der Waals surface area contributed by atoms with Crippen LogP contribution in [0.1, 0.15) is 47.4 Å². The van der Waals surface area contributed by atoms with Gasteiger partial charge in [0, 0.05) is 6.04 Å². The first-order valence-corrected chi connectivity index (χ1v) is 10.3. The molecule has 0 saturated heterocycles. The van der Waals surface area contributed by atoms with Gasteiger partial charge in [-0.25, -0.2) is 4.79 Å². The lowest BCUT2D eigenvalue weighted by Gasteiger charge is -2.15. The molecule has 3 rings (SSSR count). The number of rotatable bonds is 6. The highest BCUT2D eigenvalue weighted by Crippen LogP contribution is 2.29. The van der Waals surface area contributed by atoms with Crippen LogP contribution in [0.4, 0.5) is 13.2 Å². The number of carbonyl (C=O) groups excluding carboxylic acids is 1. The van der Waals surface area contributed by atoms with Gasteiger partial charge in [-0.05, 0) is 44.0 Å².